The highest BCUT2D eigenvalue weighted by Gasteiger charge is 2.41. The van der Waals surface area contributed by atoms with Gasteiger partial charge in [-0.2, -0.15) is 0 Å². The van der Waals surface area contributed by atoms with Gasteiger partial charge in [-0.05, 0) is 56.1 Å². The highest BCUT2D eigenvalue weighted by Crippen LogP contribution is 2.49. The quantitative estimate of drug-likeness (QED) is 0.661. The first kappa shape index (κ1) is 9.99. The van der Waals surface area contributed by atoms with E-state index in [1.165, 1.54) is 50.6 Å². The van der Waals surface area contributed by atoms with E-state index in [0.29, 0.717) is 0 Å². The second-order valence-electron chi connectivity index (χ2n) is 6.08. The standard InChI is InChI=1S/C16H21N/c1-2-6-12-11(5-1)9-10-14-13-7-3-4-8-15(13)17-16(12)14/h3-4,8,11,13-14,17H,1-2,5-7,9-10H2. The van der Waals surface area contributed by atoms with Crippen LogP contribution in [0.2, 0.25) is 0 Å². The summed E-state index contributed by atoms with van der Waals surface area (Å²) in [7, 11) is 0. The molecule has 1 aliphatic heterocycles. The monoisotopic (exact) mass is 227 g/mol. The maximum atomic E-state index is 3.78. The fourth-order valence-electron chi connectivity index (χ4n) is 4.41. The van der Waals surface area contributed by atoms with E-state index in [0.717, 1.165) is 17.8 Å². The molecule has 1 heterocycles. The van der Waals surface area contributed by atoms with Crippen molar-refractivity contribution in [1.29, 1.82) is 0 Å². The molecule has 1 N–H and O–H groups in total. The van der Waals surface area contributed by atoms with Crippen molar-refractivity contribution in [2.45, 2.75) is 44.9 Å². The molecule has 90 valence electrons. The fraction of sp³-hybridized carbons (Fsp3) is 0.625. The summed E-state index contributed by atoms with van der Waals surface area (Å²) in [4.78, 5) is 0. The molecule has 1 nitrogen and oxygen atoms in total. The van der Waals surface area contributed by atoms with E-state index >= 15 is 0 Å². The third-order valence-electron chi connectivity index (χ3n) is 5.25. The van der Waals surface area contributed by atoms with E-state index in [2.05, 4.69) is 23.5 Å². The fourth-order valence-corrected chi connectivity index (χ4v) is 4.41. The van der Waals surface area contributed by atoms with Crippen LogP contribution >= 0.6 is 0 Å². The third-order valence-corrected chi connectivity index (χ3v) is 5.25. The van der Waals surface area contributed by atoms with Gasteiger partial charge in [0, 0.05) is 23.2 Å². The molecule has 0 amide bonds. The van der Waals surface area contributed by atoms with Crippen LogP contribution in [0.3, 0.4) is 0 Å². The summed E-state index contributed by atoms with van der Waals surface area (Å²) < 4.78 is 0. The first-order valence-corrected chi connectivity index (χ1v) is 7.30. The van der Waals surface area contributed by atoms with Crippen molar-refractivity contribution in [2.75, 3.05) is 0 Å². The first-order chi connectivity index (χ1) is 8.43. The molecule has 0 aromatic heterocycles. The number of allylic oxidation sites excluding steroid dienone is 6. The van der Waals surface area contributed by atoms with Crippen LogP contribution in [0.25, 0.3) is 0 Å². The van der Waals surface area contributed by atoms with Gasteiger partial charge in [-0.25, -0.2) is 0 Å². The number of rotatable bonds is 0. The van der Waals surface area contributed by atoms with Gasteiger partial charge >= 0.3 is 0 Å². The normalized spacial score (nSPS) is 39.1. The van der Waals surface area contributed by atoms with E-state index in [1.54, 1.807) is 5.70 Å². The van der Waals surface area contributed by atoms with Crippen LogP contribution in [0, 0.1) is 17.8 Å². The van der Waals surface area contributed by atoms with Crippen molar-refractivity contribution in [3.63, 3.8) is 0 Å². The lowest BCUT2D eigenvalue weighted by atomic mass is 9.70. The molecule has 17 heavy (non-hydrogen) atoms. The van der Waals surface area contributed by atoms with Crippen molar-refractivity contribution < 1.29 is 0 Å². The Labute approximate surface area is 104 Å². The summed E-state index contributed by atoms with van der Waals surface area (Å²) in [6, 6.07) is 0. The van der Waals surface area contributed by atoms with Crippen molar-refractivity contribution in [1.82, 2.24) is 5.32 Å². The minimum atomic E-state index is 0.783. The Hall–Kier alpha value is -0.980. The van der Waals surface area contributed by atoms with Crippen LogP contribution < -0.4 is 5.32 Å². The Bertz CT molecular complexity index is 427. The Kier molecular flexibility index (Phi) is 2.21. The summed E-state index contributed by atoms with van der Waals surface area (Å²) in [6.45, 7) is 0. The second-order valence-corrected chi connectivity index (χ2v) is 6.08. The molecule has 1 heteroatoms. The molecule has 0 bridgehead atoms. The Balaban J connectivity index is 1.74. The van der Waals surface area contributed by atoms with E-state index in [4.69, 9.17) is 0 Å². The Morgan fingerprint density at radius 3 is 3.06 bits per heavy atom. The molecule has 0 radical (unpaired) electrons. The maximum Gasteiger partial charge on any atom is 0.0189 e. The van der Waals surface area contributed by atoms with Gasteiger partial charge in [0.1, 0.15) is 0 Å². The molecule has 3 aliphatic carbocycles. The molecule has 0 aromatic rings. The largest absolute Gasteiger partial charge is 0.362 e. The molecule has 0 aromatic carbocycles. The summed E-state index contributed by atoms with van der Waals surface area (Å²) >= 11 is 0. The van der Waals surface area contributed by atoms with Crippen molar-refractivity contribution in [3.8, 4) is 0 Å². The van der Waals surface area contributed by atoms with Crippen LogP contribution in [0.5, 0.6) is 0 Å². The smallest absolute Gasteiger partial charge is 0.0189 e. The molecule has 1 saturated carbocycles. The highest BCUT2D eigenvalue weighted by atomic mass is 15.0. The number of fused-ring (bicyclic) bond motifs is 4. The van der Waals surface area contributed by atoms with Crippen LogP contribution in [0.1, 0.15) is 44.9 Å². The lowest BCUT2D eigenvalue weighted by Gasteiger charge is -2.35. The Morgan fingerprint density at radius 1 is 1.06 bits per heavy atom. The van der Waals surface area contributed by atoms with Gasteiger partial charge in [0.05, 0.1) is 0 Å². The minimum absolute atomic E-state index is 0.783. The van der Waals surface area contributed by atoms with Crippen LogP contribution in [0.15, 0.2) is 35.2 Å². The summed E-state index contributed by atoms with van der Waals surface area (Å²) in [5, 5.41) is 3.78. The molecule has 4 aliphatic rings. The van der Waals surface area contributed by atoms with E-state index in [9.17, 15) is 0 Å². The van der Waals surface area contributed by atoms with Gasteiger partial charge in [0.2, 0.25) is 0 Å². The average Bonchev–Trinajstić information content (AvgIpc) is 2.78. The minimum Gasteiger partial charge on any atom is -0.362 e. The van der Waals surface area contributed by atoms with Gasteiger partial charge < -0.3 is 5.32 Å². The van der Waals surface area contributed by atoms with Crippen molar-refractivity contribution >= 4 is 0 Å². The van der Waals surface area contributed by atoms with Gasteiger partial charge in [0.15, 0.2) is 0 Å². The summed E-state index contributed by atoms with van der Waals surface area (Å²) in [5.41, 5.74) is 4.97. The zero-order valence-electron chi connectivity index (χ0n) is 10.4. The number of hydrogen-bond acceptors (Lipinski definition) is 1. The van der Waals surface area contributed by atoms with E-state index in [1.807, 2.05) is 5.57 Å². The SMILES string of the molecule is C1=CCC2C(=C1)NC1=C3CCCCC3CCC12. The Morgan fingerprint density at radius 2 is 2.06 bits per heavy atom. The molecule has 0 spiro atoms. The van der Waals surface area contributed by atoms with E-state index < -0.39 is 0 Å². The topological polar surface area (TPSA) is 12.0 Å². The van der Waals surface area contributed by atoms with Crippen molar-refractivity contribution in [3.05, 3.63) is 35.2 Å². The van der Waals surface area contributed by atoms with Gasteiger partial charge in [-0.15, -0.1) is 0 Å². The van der Waals surface area contributed by atoms with Gasteiger partial charge in [-0.1, -0.05) is 18.6 Å². The first-order valence-electron chi connectivity index (χ1n) is 7.30. The second kappa shape index (κ2) is 3.76. The predicted octanol–water partition coefficient (Wildman–Crippen LogP) is 3.90. The maximum absolute atomic E-state index is 3.78. The zero-order valence-corrected chi connectivity index (χ0v) is 10.4. The van der Waals surface area contributed by atoms with Crippen molar-refractivity contribution in [2.24, 2.45) is 17.8 Å². The lowest BCUT2D eigenvalue weighted by Crippen LogP contribution is -2.24. The van der Waals surface area contributed by atoms with Gasteiger partial charge in [-0.3, -0.25) is 0 Å². The predicted molar refractivity (Wildman–Crippen MR) is 70.2 cm³/mol. The van der Waals surface area contributed by atoms with Gasteiger partial charge in [0.25, 0.3) is 0 Å². The molecule has 2 fully saturated rings. The third kappa shape index (κ3) is 1.44. The number of hydrogen-bond donors (Lipinski definition) is 1. The molecule has 4 rings (SSSR count). The molecule has 3 atom stereocenters. The molecular formula is C16H21N. The van der Waals surface area contributed by atoms with Crippen LogP contribution in [-0.4, -0.2) is 0 Å². The van der Waals surface area contributed by atoms with Crippen LogP contribution in [0.4, 0.5) is 0 Å². The lowest BCUT2D eigenvalue weighted by molar-refractivity contribution is 0.323. The van der Waals surface area contributed by atoms with E-state index in [-0.39, 0.29) is 0 Å². The molecular weight excluding hydrogens is 206 g/mol. The summed E-state index contributed by atoms with van der Waals surface area (Å²) in [5.74, 6) is 2.54. The molecule has 3 unspecified atom stereocenters. The molecule has 1 saturated heterocycles. The highest BCUT2D eigenvalue weighted by molar-refractivity contribution is 5.37. The number of nitrogens with one attached hydrogen (secondary N) is 1. The summed E-state index contributed by atoms with van der Waals surface area (Å²) in [6.07, 6.45) is 16.7. The van der Waals surface area contributed by atoms with Crippen LogP contribution in [-0.2, 0) is 0 Å². The average molecular weight is 227 g/mol. The zero-order chi connectivity index (χ0) is 11.2.